The maximum atomic E-state index is 12.0. The molecule has 0 saturated heterocycles. The van der Waals surface area contributed by atoms with Crippen LogP contribution in [0.4, 0.5) is 5.13 Å². The average molecular weight is 328 g/mol. The molecule has 2 aromatic heterocycles. The number of aromatic nitrogens is 1. The molecule has 0 radical (unpaired) electrons. The first kappa shape index (κ1) is 14.9. The minimum absolute atomic E-state index is 0.0234. The molecule has 3 aromatic rings. The van der Waals surface area contributed by atoms with Crippen molar-refractivity contribution in [2.45, 2.75) is 19.8 Å². The third kappa shape index (κ3) is 3.61. The number of amides is 1. The minimum Gasteiger partial charge on any atom is -0.302 e. The number of thiazole rings is 1. The highest BCUT2D eigenvalue weighted by Gasteiger charge is 2.09. The van der Waals surface area contributed by atoms with E-state index in [0.29, 0.717) is 11.6 Å². The number of aryl methyl sites for hydroxylation is 1. The fourth-order valence-electron chi connectivity index (χ4n) is 2.11. The summed E-state index contributed by atoms with van der Waals surface area (Å²) in [5.74, 6) is -0.0234. The number of carbonyl (C=O) groups is 1. The Morgan fingerprint density at radius 3 is 2.68 bits per heavy atom. The summed E-state index contributed by atoms with van der Waals surface area (Å²) in [5.41, 5.74) is 3.29. The van der Waals surface area contributed by atoms with Gasteiger partial charge in [-0.1, -0.05) is 37.3 Å². The van der Waals surface area contributed by atoms with Gasteiger partial charge in [0, 0.05) is 15.8 Å². The Hall–Kier alpha value is -1.98. The molecule has 1 N–H and O–H groups in total. The molecule has 1 aromatic carbocycles. The Kier molecular flexibility index (Phi) is 4.65. The van der Waals surface area contributed by atoms with Crippen molar-refractivity contribution in [2.75, 3.05) is 5.32 Å². The molecular formula is C17H16N2OS2. The van der Waals surface area contributed by atoms with E-state index in [2.05, 4.69) is 41.5 Å². The van der Waals surface area contributed by atoms with Crippen LogP contribution in [-0.4, -0.2) is 10.9 Å². The van der Waals surface area contributed by atoms with Crippen LogP contribution in [-0.2, 0) is 17.6 Å². The zero-order valence-electron chi connectivity index (χ0n) is 12.2. The van der Waals surface area contributed by atoms with Crippen LogP contribution in [0, 0.1) is 0 Å². The van der Waals surface area contributed by atoms with Crippen LogP contribution < -0.4 is 5.32 Å². The first-order valence-corrected chi connectivity index (χ1v) is 8.87. The van der Waals surface area contributed by atoms with Gasteiger partial charge in [-0.2, -0.15) is 0 Å². The Bertz CT molecular complexity index is 745. The number of rotatable bonds is 5. The Morgan fingerprint density at radius 1 is 1.18 bits per heavy atom. The lowest BCUT2D eigenvalue weighted by atomic mass is 10.1. The predicted octanol–water partition coefficient (Wildman–Crippen LogP) is 4.62. The van der Waals surface area contributed by atoms with Crippen LogP contribution >= 0.6 is 22.7 Å². The highest BCUT2D eigenvalue weighted by molar-refractivity contribution is 7.14. The van der Waals surface area contributed by atoms with Crippen molar-refractivity contribution in [3.8, 4) is 11.3 Å². The van der Waals surface area contributed by atoms with E-state index in [1.165, 1.54) is 16.9 Å². The summed E-state index contributed by atoms with van der Waals surface area (Å²) in [7, 11) is 0. The van der Waals surface area contributed by atoms with Gasteiger partial charge in [0.25, 0.3) is 0 Å². The van der Waals surface area contributed by atoms with Gasteiger partial charge in [-0.15, -0.1) is 22.7 Å². The van der Waals surface area contributed by atoms with Crippen molar-refractivity contribution < 1.29 is 4.79 Å². The van der Waals surface area contributed by atoms with Crippen LogP contribution in [0.5, 0.6) is 0 Å². The Morgan fingerprint density at radius 2 is 2.00 bits per heavy atom. The van der Waals surface area contributed by atoms with E-state index in [-0.39, 0.29) is 5.91 Å². The largest absolute Gasteiger partial charge is 0.302 e. The number of hydrogen-bond donors (Lipinski definition) is 1. The molecule has 0 aliphatic rings. The predicted molar refractivity (Wildman–Crippen MR) is 93.6 cm³/mol. The Labute approximate surface area is 137 Å². The zero-order chi connectivity index (χ0) is 15.4. The summed E-state index contributed by atoms with van der Waals surface area (Å²) in [5, 5.41) is 7.47. The highest BCUT2D eigenvalue weighted by atomic mass is 32.1. The molecular weight excluding hydrogens is 312 g/mol. The molecule has 0 aliphatic heterocycles. The van der Waals surface area contributed by atoms with Crippen molar-refractivity contribution in [2.24, 2.45) is 0 Å². The summed E-state index contributed by atoms with van der Waals surface area (Å²) in [4.78, 5) is 17.5. The lowest BCUT2D eigenvalue weighted by molar-refractivity contribution is -0.115. The van der Waals surface area contributed by atoms with Gasteiger partial charge in [0.1, 0.15) is 0 Å². The van der Waals surface area contributed by atoms with E-state index in [1.54, 1.807) is 11.3 Å². The van der Waals surface area contributed by atoms with E-state index >= 15 is 0 Å². The first-order chi connectivity index (χ1) is 10.7. The molecule has 112 valence electrons. The Balaban J connectivity index is 1.66. The van der Waals surface area contributed by atoms with E-state index in [1.807, 2.05) is 22.9 Å². The quantitative estimate of drug-likeness (QED) is 0.743. The first-order valence-electron chi connectivity index (χ1n) is 7.11. The van der Waals surface area contributed by atoms with Crippen molar-refractivity contribution in [3.05, 3.63) is 57.6 Å². The maximum Gasteiger partial charge on any atom is 0.231 e. The van der Waals surface area contributed by atoms with Crippen molar-refractivity contribution in [1.29, 1.82) is 0 Å². The molecule has 1 amide bonds. The molecule has 3 nitrogen and oxygen atoms in total. The number of nitrogens with one attached hydrogen (secondary N) is 1. The minimum atomic E-state index is -0.0234. The monoisotopic (exact) mass is 328 g/mol. The van der Waals surface area contributed by atoms with Gasteiger partial charge in [-0.25, -0.2) is 4.98 Å². The SMILES string of the molecule is CCc1ccc(-c2csc(NC(=O)Cc3cccs3)n2)cc1. The van der Waals surface area contributed by atoms with Gasteiger partial charge in [0.05, 0.1) is 12.1 Å². The third-order valence-electron chi connectivity index (χ3n) is 3.32. The van der Waals surface area contributed by atoms with Gasteiger partial charge in [0.15, 0.2) is 5.13 Å². The normalized spacial score (nSPS) is 10.6. The molecule has 22 heavy (non-hydrogen) atoms. The topological polar surface area (TPSA) is 42.0 Å². The molecule has 0 saturated carbocycles. The summed E-state index contributed by atoms with van der Waals surface area (Å²) in [6.45, 7) is 2.14. The maximum absolute atomic E-state index is 12.0. The third-order valence-corrected chi connectivity index (χ3v) is 4.96. The molecule has 0 bridgehead atoms. The number of carbonyl (C=O) groups excluding carboxylic acids is 1. The molecule has 3 rings (SSSR count). The standard InChI is InChI=1S/C17H16N2OS2/c1-2-12-5-7-13(8-6-12)15-11-22-17(18-15)19-16(20)10-14-4-3-9-21-14/h3-9,11H,2,10H2,1H3,(H,18,19,20). The smallest absolute Gasteiger partial charge is 0.231 e. The molecule has 2 heterocycles. The van der Waals surface area contributed by atoms with Crippen molar-refractivity contribution >= 4 is 33.7 Å². The van der Waals surface area contributed by atoms with Gasteiger partial charge < -0.3 is 5.32 Å². The molecule has 0 atom stereocenters. The molecule has 5 heteroatoms. The summed E-state index contributed by atoms with van der Waals surface area (Å²) < 4.78 is 0. The van der Waals surface area contributed by atoms with Crippen LogP contribution in [0.25, 0.3) is 11.3 Å². The van der Waals surface area contributed by atoms with Gasteiger partial charge >= 0.3 is 0 Å². The fraction of sp³-hybridized carbons (Fsp3) is 0.176. The second-order valence-corrected chi connectivity index (χ2v) is 6.78. The summed E-state index contributed by atoms with van der Waals surface area (Å²) in [6, 6.07) is 12.3. The molecule has 0 fully saturated rings. The van der Waals surface area contributed by atoms with E-state index in [0.717, 1.165) is 22.6 Å². The molecule has 0 spiro atoms. The van der Waals surface area contributed by atoms with E-state index in [4.69, 9.17) is 0 Å². The summed E-state index contributed by atoms with van der Waals surface area (Å²) in [6.07, 6.45) is 1.43. The lowest BCUT2D eigenvalue weighted by Crippen LogP contribution is -2.13. The van der Waals surface area contributed by atoms with Crippen LogP contribution in [0.15, 0.2) is 47.2 Å². The van der Waals surface area contributed by atoms with E-state index < -0.39 is 0 Å². The molecule has 0 aliphatic carbocycles. The van der Waals surface area contributed by atoms with Crippen LogP contribution in [0.2, 0.25) is 0 Å². The molecule has 0 unspecified atom stereocenters. The number of benzene rings is 1. The van der Waals surface area contributed by atoms with Crippen molar-refractivity contribution in [1.82, 2.24) is 4.98 Å². The van der Waals surface area contributed by atoms with E-state index in [9.17, 15) is 4.79 Å². The van der Waals surface area contributed by atoms with Gasteiger partial charge in [-0.3, -0.25) is 4.79 Å². The lowest BCUT2D eigenvalue weighted by Gasteiger charge is -2.00. The number of thiophene rings is 1. The second-order valence-electron chi connectivity index (χ2n) is 4.89. The highest BCUT2D eigenvalue weighted by Crippen LogP contribution is 2.25. The fourth-order valence-corrected chi connectivity index (χ4v) is 3.55. The van der Waals surface area contributed by atoms with Crippen molar-refractivity contribution in [3.63, 3.8) is 0 Å². The van der Waals surface area contributed by atoms with Crippen LogP contribution in [0.1, 0.15) is 17.4 Å². The number of nitrogens with zero attached hydrogens (tertiary/aromatic N) is 1. The van der Waals surface area contributed by atoms with Crippen LogP contribution in [0.3, 0.4) is 0 Å². The van der Waals surface area contributed by atoms with Gasteiger partial charge in [0.2, 0.25) is 5.91 Å². The average Bonchev–Trinajstić information content (AvgIpc) is 3.19. The van der Waals surface area contributed by atoms with Gasteiger partial charge in [-0.05, 0) is 23.4 Å². The summed E-state index contributed by atoms with van der Waals surface area (Å²) >= 11 is 3.05. The zero-order valence-corrected chi connectivity index (χ0v) is 13.8. The number of hydrogen-bond acceptors (Lipinski definition) is 4. The second kappa shape index (κ2) is 6.85. The number of anilines is 1.